The van der Waals surface area contributed by atoms with Crippen LogP contribution in [0.15, 0.2) is 35.5 Å². The van der Waals surface area contributed by atoms with E-state index in [1.54, 1.807) is 6.20 Å². The molecule has 1 aliphatic heterocycles. The zero-order valence-electron chi connectivity index (χ0n) is 22.9. The number of nitrogens with one attached hydrogen (secondary N) is 3. The highest BCUT2D eigenvalue weighted by molar-refractivity contribution is 5.95. The van der Waals surface area contributed by atoms with Crippen molar-refractivity contribution < 1.29 is 24.3 Å². The number of carboxylic acids is 1. The van der Waals surface area contributed by atoms with Crippen LogP contribution in [-0.2, 0) is 25.6 Å². The van der Waals surface area contributed by atoms with E-state index in [1.807, 2.05) is 38.1 Å². The van der Waals surface area contributed by atoms with Crippen molar-refractivity contribution in [1.82, 2.24) is 20.5 Å². The summed E-state index contributed by atoms with van der Waals surface area (Å²) in [6.07, 6.45) is 3.34. The second kappa shape index (κ2) is 13.8. The monoisotopic (exact) mass is 556 g/mol. The van der Waals surface area contributed by atoms with Crippen molar-refractivity contribution in [1.29, 1.82) is 0 Å². The zero-order chi connectivity index (χ0) is 29.4. The quantitative estimate of drug-likeness (QED) is 0.0991. The fourth-order valence-electron chi connectivity index (χ4n) is 4.81. The molecular formula is C27H40N8O5. The number of aliphatic imine (C=N–C) groups is 1. The van der Waals surface area contributed by atoms with Crippen molar-refractivity contribution in [2.45, 2.75) is 70.1 Å². The number of fused-ring (bicyclic) bond motifs is 1. The molecule has 4 unspecified atom stereocenters. The van der Waals surface area contributed by atoms with E-state index in [1.165, 1.54) is 4.90 Å². The first kappa shape index (κ1) is 30.4. The topological polar surface area (TPSA) is 222 Å². The van der Waals surface area contributed by atoms with E-state index in [0.717, 1.165) is 16.5 Å². The molecule has 218 valence electrons. The summed E-state index contributed by atoms with van der Waals surface area (Å²) in [5.41, 5.74) is 18.4. The van der Waals surface area contributed by atoms with Gasteiger partial charge in [0.05, 0.1) is 6.04 Å². The Hall–Kier alpha value is -4.13. The molecule has 1 fully saturated rings. The number of likely N-dealkylation sites (tertiary alicyclic amines) is 1. The number of H-pyrrole nitrogens is 1. The van der Waals surface area contributed by atoms with Crippen LogP contribution in [0.3, 0.4) is 0 Å². The highest BCUT2D eigenvalue weighted by Gasteiger charge is 2.38. The number of nitrogens with zero attached hydrogens (tertiary/aromatic N) is 2. The number of benzene rings is 1. The maximum Gasteiger partial charge on any atom is 0.326 e. The molecule has 0 radical (unpaired) electrons. The second-order valence-electron chi connectivity index (χ2n) is 10.4. The maximum absolute atomic E-state index is 13.5. The molecule has 0 spiro atoms. The van der Waals surface area contributed by atoms with Gasteiger partial charge in [0.1, 0.15) is 18.1 Å². The second-order valence-corrected chi connectivity index (χ2v) is 10.4. The summed E-state index contributed by atoms with van der Waals surface area (Å²) in [4.78, 5) is 60.2. The SMILES string of the molecule is CC(C)C(N)C(=O)N1CCCC1C(=O)NC(Cc1c[nH]c2ccccc12)C(=O)NC(CCCN=C(N)N)C(=O)O. The molecule has 1 aromatic carbocycles. The minimum Gasteiger partial charge on any atom is -0.480 e. The number of para-hydroxylation sites is 1. The van der Waals surface area contributed by atoms with Crippen LogP contribution >= 0.6 is 0 Å². The lowest BCUT2D eigenvalue weighted by atomic mass is 10.0. The number of hydrogen-bond donors (Lipinski definition) is 7. The highest BCUT2D eigenvalue weighted by atomic mass is 16.4. The van der Waals surface area contributed by atoms with Crippen LogP contribution in [0.4, 0.5) is 0 Å². The maximum atomic E-state index is 13.5. The Bertz CT molecular complexity index is 1240. The van der Waals surface area contributed by atoms with Crippen molar-refractivity contribution >= 4 is 40.6 Å². The van der Waals surface area contributed by atoms with Crippen LogP contribution < -0.4 is 27.8 Å². The van der Waals surface area contributed by atoms with Crippen LogP contribution in [0.2, 0.25) is 0 Å². The van der Waals surface area contributed by atoms with Crippen LogP contribution in [0, 0.1) is 5.92 Å². The number of rotatable bonds is 13. The molecule has 10 N–H and O–H groups in total. The van der Waals surface area contributed by atoms with Gasteiger partial charge in [-0.1, -0.05) is 32.0 Å². The number of hydrogen-bond acceptors (Lipinski definition) is 6. The molecule has 0 saturated carbocycles. The number of aromatic nitrogens is 1. The van der Waals surface area contributed by atoms with Gasteiger partial charge in [-0.05, 0) is 43.2 Å². The number of aliphatic carboxylic acids is 1. The molecule has 2 aromatic rings. The van der Waals surface area contributed by atoms with E-state index >= 15 is 0 Å². The lowest BCUT2D eigenvalue weighted by Gasteiger charge is -2.29. The Labute approximate surface area is 232 Å². The summed E-state index contributed by atoms with van der Waals surface area (Å²) in [7, 11) is 0. The smallest absolute Gasteiger partial charge is 0.326 e. The lowest BCUT2D eigenvalue weighted by molar-refractivity contribution is -0.143. The summed E-state index contributed by atoms with van der Waals surface area (Å²) < 4.78 is 0. The first-order chi connectivity index (χ1) is 19.0. The van der Waals surface area contributed by atoms with Crippen LogP contribution in [0.5, 0.6) is 0 Å². The molecule has 1 aromatic heterocycles. The van der Waals surface area contributed by atoms with Crippen molar-refractivity contribution in [3.63, 3.8) is 0 Å². The van der Waals surface area contributed by atoms with Gasteiger partial charge in [-0.2, -0.15) is 0 Å². The van der Waals surface area contributed by atoms with Gasteiger partial charge in [-0.15, -0.1) is 0 Å². The molecule has 3 amide bonds. The minimum atomic E-state index is -1.22. The van der Waals surface area contributed by atoms with Crippen molar-refractivity contribution in [2.24, 2.45) is 28.1 Å². The zero-order valence-corrected chi connectivity index (χ0v) is 22.9. The normalized spacial score (nSPS) is 17.3. The van der Waals surface area contributed by atoms with Gasteiger partial charge >= 0.3 is 5.97 Å². The molecule has 13 nitrogen and oxygen atoms in total. The number of amides is 3. The third kappa shape index (κ3) is 7.72. The third-order valence-corrected chi connectivity index (χ3v) is 7.13. The van der Waals surface area contributed by atoms with Gasteiger partial charge in [-0.3, -0.25) is 19.4 Å². The van der Waals surface area contributed by atoms with Gasteiger partial charge < -0.3 is 42.8 Å². The predicted octanol–water partition coefficient (Wildman–Crippen LogP) is -0.207. The number of nitrogens with two attached hydrogens (primary N) is 3. The van der Waals surface area contributed by atoms with Crippen molar-refractivity contribution in [2.75, 3.05) is 13.1 Å². The molecule has 1 aliphatic rings. The first-order valence-electron chi connectivity index (χ1n) is 13.5. The van der Waals surface area contributed by atoms with E-state index in [9.17, 15) is 24.3 Å². The van der Waals surface area contributed by atoms with Gasteiger partial charge in [0, 0.05) is 36.6 Å². The van der Waals surface area contributed by atoms with Crippen LogP contribution in [0.1, 0.15) is 45.1 Å². The predicted molar refractivity (Wildman–Crippen MR) is 151 cm³/mol. The Kier molecular flexibility index (Phi) is 10.5. The van der Waals surface area contributed by atoms with Crippen LogP contribution in [0.25, 0.3) is 10.9 Å². The van der Waals surface area contributed by atoms with E-state index < -0.39 is 42.0 Å². The summed E-state index contributed by atoms with van der Waals surface area (Å²) in [5, 5.41) is 15.9. The number of guanidine groups is 1. The molecule has 2 heterocycles. The molecule has 0 aliphatic carbocycles. The third-order valence-electron chi connectivity index (χ3n) is 7.13. The molecular weight excluding hydrogens is 516 g/mol. The lowest BCUT2D eigenvalue weighted by Crippen LogP contribution is -2.57. The summed E-state index contributed by atoms with van der Waals surface area (Å²) in [6.45, 7) is 4.28. The van der Waals surface area contributed by atoms with Gasteiger partial charge in [-0.25, -0.2) is 4.79 Å². The average Bonchev–Trinajstić information content (AvgIpc) is 3.56. The Morgan fingerprint density at radius 2 is 1.88 bits per heavy atom. The van der Waals surface area contributed by atoms with E-state index in [4.69, 9.17) is 17.2 Å². The average molecular weight is 557 g/mol. The van der Waals surface area contributed by atoms with E-state index in [2.05, 4.69) is 20.6 Å². The number of carbonyl (C=O) groups excluding carboxylic acids is 3. The molecule has 0 bridgehead atoms. The van der Waals surface area contributed by atoms with Crippen molar-refractivity contribution in [3.05, 3.63) is 36.0 Å². The summed E-state index contributed by atoms with van der Waals surface area (Å²) >= 11 is 0. The van der Waals surface area contributed by atoms with Gasteiger partial charge in [0.15, 0.2) is 5.96 Å². The molecule has 1 saturated heterocycles. The molecule has 40 heavy (non-hydrogen) atoms. The number of aromatic amines is 1. The molecule has 3 rings (SSSR count). The molecule has 4 atom stereocenters. The highest BCUT2D eigenvalue weighted by Crippen LogP contribution is 2.22. The Morgan fingerprint density at radius 1 is 1.15 bits per heavy atom. The van der Waals surface area contributed by atoms with Crippen molar-refractivity contribution in [3.8, 4) is 0 Å². The number of carboxylic acid groups (broad SMARTS) is 1. The first-order valence-corrected chi connectivity index (χ1v) is 13.5. The van der Waals surface area contributed by atoms with Gasteiger partial charge in [0.25, 0.3) is 0 Å². The fourth-order valence-corrected chi connectivity index (χ4v) is 4.81. The number of carbonyl (C=O) groups is 4. The minimum absolute atomic E-state index is 0.0869. The summed E-state index contributed by atoms with van der Waals surface area (Å²) in [6, 6.07) is 3.71. The summed E-state index contributed by atoms with van der Waals surface area (Å²) in [5.74, 6) is -2.87. The standard InChI is InChI=1S/C27H40N8O5/c1-15(2)22(28)25(38)35-12-6-10-21(35)24(37)34-20(13-16-14-32-18-8-4-3-7-17(16)18)23(36)33-19(26(39)40)9-5-11-31-27(29)30/h3-4,7-8,14-15,19-22,32H,5-6,9-13,28H2,1-2H3,(H,33,36)(H,34,37)(H,39,40)(H4,29,30,31). The van der Waals surface area contributed by atoms with Gasteiger partial charge in [0.2, 0.25) is 17.7 Å². The van der Waals surface area contributed by atoms with E-state index in [0.29, 0.717) is 25.8 Å². The fraction of sp³-hybridized carbons (Fsp3) is 0.519. The molecule has 13 heteroatoms. The van der Waals surface area contributed by atoms with Crippen LogP contribution in [-0.4, -0.2) is 81.9 Å². The Balaban J connectivity index is 1.80. The van der Waals surface area contributed by atoms with E-state index in [-0.39, 0.29) is 37.2 Å². The Morgan fingerprint density at radius 3 is 2.55 bits per heavy atom. The largest absolute Gasteiger partial charge is 0.480 e.